The van der Waals surface area contributed by atoms with Gasteiger partial charge in [0.25, 0.3) is 11.6 Å². The normalized spacial score (nSPS) is 15.8. The van der Waals surface area contributed by atoms with E-state index in [1.54, 1.807) is 0 Å². The number of rotatable bonds is 4. The van der Waals surface area contributed by atoms with Gasteiger partial charge in [0.15, 0.2) is 11.5 Å². The average molecular weight is 413 g/mol. The Labute approximate surface area is 173 Å². The molecule has 1 aliphatic rings. The minimum atomic E-state index is -0.912. The largest absolute Gasteiger partial charge is 0.507 e. The van der Waals surface area contributed by atoms with Gasteiger partial charge < -0.3 is 14.6 Å². The molecule has 9 heteroatoms. The fraction of sp³-hybridized carbons (Fsp3) is 0.333. The topological polar surface area (TPSA) is 123 Å². The maximum atomic E-state index is 12.4. The number of phenolic OH excluding ortho intramolecular Hbond substituents is 1. The third-order valence-corrected chi connectivity index (χ3v) is 4.67. The van der Waals surface area contributed by atoms with Crippen molar-refractivity contribution in [3.05, 3.63) is 57.1 Å². The van der Waals surface area contributed by atoms with E-state index in [2.05, 4.69) is 31.3 Å². The summed E-state index contributed by atoms with van der Waals surface area (Å²) in [6, 6.07) is 8.04. The molecule has 1 atom stereocenters. The number of nitrogens with one attached hydrogen (secondary N) is 1. The van der Waals surface area contributed by atoms with Crippen molar-refractivity contribution in [2.75, 3.05) is 6.61 Å². The Morgan fingerprint density at radius 3 is 2.70 bits per heavy atom. The van der Waals surface area contributed by atoms with E-state index in [0.717, 1.165) is 11.8 Å². The number of hydrogen-bond acceptors (Lipinski definition) is 7. The van der Waals surface area contributed by atoms with Crippen molar-refractivity contribution in [3.63, 3.8) is 0 Å². The van der Waals surface area contributed by atoms with E-state index in [-0.39, 0.29) is 29.0 Å². The molecule has 0 saturated carbocycles. The third kappa shape index (κ3) is 4.51. The number of phenols is 1. The van der Waals surface area contributed by atoms with Crippen molar-refractivity contribution in [3.8, 4) is 17.2 Å². The Kier molecular flexibility index (Phi) is 5.64. The first-order chi connectivity index (χ1) is 14.1. The highest BCUT2D eigenvalue weighted by Crippen LogP contribution is 2.36. The zero-order chi connectivity index (χ0) is 22.1. The number of benzene rings is 2. The highest BCUT2D eigenvalue weighted by Gasteiger charge is 2.28. The Bertz CT molecular complexity index is 1030. The van der Waals surface area contributed by atoms with Crippen molar-refractivity contribution in [1.82, 2.24) is 5.43 Å². The highest BCUT2D eigenvalue weighted by atomic mass is 16.6. The van der Waals surface area contributed by atoms with Gasteiger partial charge in [-0.25, -0.2) is 5.43 Å². The number of carbonyl (C=O) groups excluding carboxylic acids is 1. The van der Waals surface area contributed by atoms with Gasteiger partial charge in [0.2, 0.25) is 6.10 Å². The van der Waals surface area contributed by atoms with Crippen LogP contribution in [0.5, 0.6) is 17.2 Å². The van der Waals surface area contributed by atoms with E-state index >= 15 is 0 Å². The van der Waals surface area contributed by atoms with E-state index < -0.39 is 16.9 Å². The molecule has 0 aromatic heterocycles. The number of nitrogens with zero attached hydrogens (tertiary/aromatic N) is 2. The van der Waals surface area contributed by atoms with Crippen LogP contribution in [0.3, 0.4) is 0 Å². The van der Waals surface area contributed by atoms with Gasteiger partial charge >= 0.3 is 0 Å². The maximum Gasteiger partial charge on any atom is 0.284 e. The number of aryl methyl sites for hydroxylation is 1. The SMILES string of the molecule is Cc1cc([N+](=O)[O-])cc(/C=N/NC(=O)[C@H]2COc3ccc(C(C)(C)C)cc3O2)c1O. The summed E-state index contributed by atoms with van der Waals surface area (Å²) in [5.74, 6) is 0.344. The molecule has 2 N–H and O–H groups in total. The van der Waals surface area contributed by atoms with Crippen LogP contribution in [0.15, 0.2) is 35.4 Å². The first-order valence-electron chi connectivity index (χ1n) is 9.31. The van der Waals surface area contributed by atoms with Gasteiger partial charge in [0.05, 0.1) is 11.1 Å². The van der Waals surface area contributed by atoms with Crippen LogP contribution in [-0.4, -0.2) is 34.9 Å². The van der Waals surface area contributed by atoms with Crippen LogP contribution in [0.25, 0.3) is 0 Å². The molecule has 1 aliphatic heterocycles. The zero-order valence-electron chi connectivity index (χ0n) is 17.1. The Balaban J connectivity index is 1.70. The first kappa shape index (κ1) is 21.1. The van der Waals surface area contributed by atoms with E-state index in [4.69, 9.17) is 9.47 Å². The Morgan fingerprint density at radius 1 is 1.30 bits per heavy atom. The fourth-order valence-corrected chi connectivity index (χ4v) is 2.90. The van der Waals surface area contributed by atoms with Crippen LogP contribution in [0.2, 0.25) is 0 Å². The summed E-state index contributed by atoms with van der Waals surface area (Å²) in [6.07, 6.45) is 0.230. The predicted molar refractivity (Wildman–Crippen MR) is 110 cm³/mol. The molecule has 0 spiro atoms. The molecule has 0 unspecified atom stereocenters. The molecule has 1 heterocycles. The van der Waals surface area contributed by atoms with Gasteiger partial charge in [-0.1, -0.05) is 26.8 Å². The molecule has 0 saturated heterocycles. The molecule has 3 rings (SSSR count). The number of hydrogen-bond donors (Lipinski definition) is 2. The lowest BCUT2D eigenvalue weighted by molar-refractivity contribution is -0.384. The van der Waals surface area contributed by atoms with Crippen molar-refractivity contribution < 1.29 is 24.3 Å². The lowest BCUT2D eigenvalue weighted by atomic mass is 9.87. The van der Waals surface area contributed by atoms with Crippen LogP contribution in [0.4, 0.5) is 5.69 Å². The van der Waals surface area contributed by atoms with Crippen molar-refractivity contribution in [2.45, 2.75) is 39.2 Å². The smallest absolute Gasteiger partial charge is 0.284 e. The minimum Gasteiger partial charge on any atom is -0.507 e. The molecule has 9 nitrogen and oxygen atoms in total. The quantitative estimate of drug-likeness (QED) is 0.451. The number of hydrazone groups is 1. The van der Waals surface area contributed by atoms with Crippen molar-refractivity contribution in [1.29, 1.82) is 0 Å². The standard InChI is InChI=1S/C21H23N3O6/c1-12-7-15(24(27)28)8-13(19(12)25)10-22-23-20(26)18-11-29-16-6-5-14(21(2,3)4)9-17(16)30-18/h5-10,18,25H,11H2,1-4H3,(H,23,26)/b22-10+/t18-/m1/s1. The van der Waals surface area contributed by atoms with Gasteiger partial charge in [-0.15, -0.1) is 0 Å². The summed E-state index contributed by atoms with van der Waals surface area (Å²) in [5.41, 5.74) is 3.52. The summed E-state index contributed by atoms with van der Waals surface area (Å²) >= 11 is 0. The molecule has 0 fully saturated rings. The number of ether oxygens (including phenoxy) is 2. The second-order valence-electron chi connectivity index (χ2n) is 8.02. The number of amides is 1. The van der Waals surface area contributed by atoms with Crippen molar-refractivity contribution >= 4 is 17.8 Å². The van der Waals surface area contributed by atoms with E-state index in [1.807, 2.05) is 18.2 Å². The number of nitro benzene ring substituents is 1. The zero-order valence-corrected chi connectivity index (χ0v) is 17.1. The Hall–Kier alpha value is -3.62. The molecule has 2 aromatic rings. The van der Waals surface area contributed by atoms with Gasteiger partial charge in [-0.05, 0) is 35.6 Å². The van der Waals surface area contributed by atoms with Gasteiger partial charge in [0.1, 0.15) is 12.4 Å². The summed E-state index contributed by atoms with van der Waals surface area (Å²) < 4.78 is 11.4. The molecule has 0 bridgehead atoms. The van der Waals surface area contributed by atoms with Crippen LogP contribution >= 0.6 is 0 Å². The summed E-state index contributed by atoms with van der Waals surface area (Å²) in [7, 11) is 0. The van der Waals surface area contributed by atoms with Crippen molar-refractivity contribution in [2.24, 2.45) is 5.10 Å². The average Bonchev–Trinajstić information content (AvgIpc) is 2.69. The van der Waals surface area contributed by atoms with Crippen LogP contribution < -0.4 is 14.9 Å². The Morgan fingerprint density at radius 2 is 2.03 bits per heavy atom. The number of nitro groups is 1. The maximum absolute atomic E-state index is 12.4. The highest BCUT2D eigenvalue weighted by molar-refractivity contribution is 5.87. The fourth-order valence-electron chi connectivity index (χ4n) is 2.90. The molecule has 0 aliphatic carbocycles. The summed E-state index contributed by atoms with van der Waals surface area (Å²) in [6.45, 7) is 7.77. The van der Waals surface area contributed by atoms with Crippen LogP contribution in [-0.2, 0) is 10.2 Å². The second kappa shape index (κ2) is 8.02. The molecule has 1 amide bonds. The molecular weight excluding hydrogens is 390 g/mol. The minimum absolute atomic E-state index is 0.0182. The van der Waals surface area contributed by atoms with E-state index in [0.29, 0.717) is 17.1 Å². The molecule has 0 radical (unpaired) electrons. The van der Waals surface area contributed by atoms with E-state index in [9.17, 15) is 20.0 Å². The lowest BCUT2D eigenvalue weighted by Crippen LogP contribution is -2.42. The van der Waals surface area contributed by atoms with Crippen LogP contribution in [0, 0.1) is 17.0 Å². The number of aromatic hydroxyl groups is 1. The molecule has 30 heavy (non-hydrogen) atoms. The van der Waals surface area contributed by atoms with Gasteiger partial charge in [-0.2, -0.15) is 5.10 Å². The predicted octanol–water partition coefficient (Wildman–Crippen LogP) is 3.20. The summed E-state index contributed by atoms with van der Waals surface area (Å²) in [4.78, 5) is 22.8. The lowest BCUT2D eigenvalue weighted by Gasteiger charge is -2.27. The summed E-state index contributed by atoms with van der Waals surface area (Å²) in [5, 5.41) is 24.8. The first-order valence-corrected chi connectivity index (χ1v) is 9.31. The van der Waals surface area contributed by atoms with Gasteiger partial charge in [0, 0.05) is 17.7 Å². The molecular formula is C21H23N3O6. The van der Waals surface area contributed by atoms with Gasteiger partial charge in [-0.3, -0.25) is 14.9 Å². The number of carbonyl (C=O) groups is 1. The molecule has 158 valence electrons. The monoisotopic (exact) mass is 413 g/mol. The van der Waals surface area contributed by atoms with E-state index in [1.165, 1.54) is 19.1 Å². The van der Waals surface area contributed by atoms with Crippen LogP contribution in [0.1, 0.15) is 37.5 Å². The number of non-ortho nitro benzene ring substituents is 1. The third-order valence-electron chi connectivity index (χ3n) is 4.67. The number of fused-ring (bicyclic) bond motifs is 1. The molecule has 2 aromatic carbocycles. The second-order valence-corrected chi connectivity index (χ2v) is 8.02.